The van der Waals surface area contributed by atoms with Gasteiger partial charge in [-0.1, -0.05) is 0 Å². The Morgan fingerprint density at radius 2 is 1.67 bits per heavy atom. The molecule has 0 bridgehead atoms. The third-order valence-electron chi connectivity index (χ3n) is 3.55. The summed E-state index contributed by atoms with van der Waals surface area (Å²) in [6.45, 7) is 3.57. The van der Waals surface area contributed by atoms with E-state index in [-0.39, 0.29) is 11.5 Å². The predicted octanol–water partition coefficient (Wildman–Crippen LogP) is 3.04. The molecular weight excluding hydrogens is 281 g/mol. The topological polar surface area (TPSA) is 56.7 Å². The van der Waals surface area contributed by atoms with E-state index in [0.29, 0.717) is 16.7 Å². The summed E-state index contributed by atoms with van der Waals surface area (Å²) in [4.78, 5) is 8.03. The van der Waals surface area contributed by atoms with Gasteiger partial charge >= 0.3 is 0 Å². The Balaban J connectivity index is 2.41. The standard InChI is InChI=1S/C14H11F3N4/c1-6-7(2)21(14-11(6)13(18)19-5-20-14)8-3-9(15)12(17)10(16)4-8/h3-5H,1-2H3,(H2,18,19,20). The van der Waals surface area contributed by atoms with Crippen molar-refractivity contribution in [2.75, 3.05) is 5.73 Å². The zero-order valence-corrected chi connectivity index (χ0v) is 11.3. The molecule has 0 amide bonds. The van der Waals surface area contributed by atoms with Crippen LogP contribution in [0.2, 0.25) is 0 Å². The minimum atomic E-state index is -1.50. The van der Waals surface area contributed by atoms with Crippen molar-refractivity contribution in [3.63, 3.8) is 0 Å². The molecule has 3 aromatic rings. The fourth-order valence-electron chi connectivity index (χ4n) is 2.41. The SMILES string of the molecule is Cc1c(C)n(-c2cc(F)c(F)c(F)c2)c2ncnc(N)c12. The second-order valence-corrected chi connectivity index (χ2v) is 4.73. The van der Waals surface area contributed by atoms with Gasteiger partial charge in [0.1, 0.15) is 12.1 Å². The number of rotatable bonds is 1. The molecule has 4 nitrogen and oxygen atoms in total. The van der Waals surface area contributed by atoms with Gasteiger partial charge in [-0.3, -0.25) is 4.57 Å². The molecule has 3 rings (SSSR count). The van der Waals surface area contributed by atoms with Crippen LogP contribution in [-0.4, -0.2) is 14.5 Å². The van der Waals surface area contributed by atoms with E-state index in [9.17, 15) is 13.2 Å². The quantitative estimate of drug-likeness (QED) is 0.701. The highest BCUT2D eigenvalue weighted by molar-refractivity contribution is 5.92. The lowest BCUT2D eigenvalue weighted by Gasteiger charge is -2.09. The molecule has 2 N–H and O–H groups in total. The van der Waals surface area contributed by atoms with Crippen LogP contribution in [0.25, 0.3) is 16.7 Å². The van der Waals surface area contributed by atoms with Gasteiger partial charge in [0.15, 0.2) is 23.1 Å². The van der Waals surface area contributed by atoms with Gasteiger partial charge in [0, 0.05) is 17.8 Å². The van der Waals surface area contributed by atoms with Crippen molar-refractivity contribution in [3.8, 4) is 5.69 Å². The van der Waals surface area contributed by atoms with Crippen LogP contribution >= 0.6 is 0 Å². The van der Waals surface area contributed by atoms with Crippen LogP contribution in [0.15, 0.2) is 18.5 Å². The Morgan fingerprint density at radius 3 is 2.29 bits per heavy atom. The highest BCUT2D eigenvalue weighted by Gasteiger charge is 2.19. The van der Waals surface area contributed by atoms with Crippen LogP contribution in [-0.2, 0) is 0 Å². The highest BCUT2D eigenvalue weighted by Crippen LogP contribution is 2.30. The number of nitrogens with zero attached hydrogens (tertiary/aromatic N) is 3. The van der Waals surface area contributed by atoms with Crippen LogP contribution < -0.4 is 5.73 Å². The summed E-state index contributed by atoms with van der Waals surface area (Å²) >= 11 is 0. The first-order chi connectivity index (χ1) is 9.91. The average molecular weight is 292 g/mol. The van der Waals surface area contributed by atoms with E-state index in [0.717, 1.165) is 17.7 Å². The van der Waals surface area contributed by atoms with E-state index in [2.05, 4.69) is 9.97 Å². The third kappa shape index (κ3) is 1.84. The number of hydrogen-bond acceptors (Lipinski definition) is 3. The maximum atomic E-state index is 13.5. The average Bonchev–Trinajstić information content (AvgIpc) is 2.69. The summed E-state index contributed by atoms with van der Waals surface area (Å²) in [5.41, 5.74) is 7.88. The van der Waals surface area contributed by atoms with Crippen LogP contribution in [0.3, 0.4) is 0 Å². The third-order valence-corrected chi connectivity index (χ3v) is 3.55. The Kier molecular flexibility index (Phi) is 2.86. The van der Waals surface area contributed by atoms with Crippen molar-refractivity contribution >= 4 is 16.9 Å². The van der Waals surface area contributed by atoms with Crippen molar-refractivity contribution in [2.45, 2.75) is 13.8 Å². The van der Waals surface area contributed by atoms with Crippen molar-refractivity contribution in [3.05, 3.63) is 47.2 Å². The molecule has 0 unspecified atom stereocenters. The van der Waals surface area contributed by atoms with Gasteiger partial charge in [0.05, 0.1) is 11.1 Å². The number of fused-ring (bicyclic) bond motifs is 1. The number of anilines is 1. The number of nitrogen functional groups attached to an aromatic ring is 1. The Morgan fingerprint density at radius 1 is 1.05 bits per heavy atom. The maximum Gasteiger partial charge on any atom is 0.194 e. The molecule has 0 aliphatic carbocycles. The monoisotopic (exact) mass is 292 g/mol. The molecule has 7 heteroatoms. The van der Waals surface area contributed by atoms with E-state index in [1.165, 1.54) is 10.9 Å². The molecule has 0 fully saturated rings. The first-order valence-corrected chi connectivity index (χ1v) is 6.14. The molecule has 2 aromatic heterocycles. The van der Waals surface area contributed by atoms with E-state index in [1.807, 2.05) is 6.92 Å². The maximum absolute atomic E-state index is 13.5. The second-order valence-electron chi connectivity index (χ2n) is 4.73. The number of nitrogens with two attached hydrogens (primary N) is 1. The zero-order chi connectivity index (χ0) is 15.3. The molecule has 0 saturated heterocycles. The number of aromatic nitrogens is 3. The first kappa shape index (κ1) is 13.4. The smallest absolute Gasteiger partial charge is 0.194 e. The summed E-state index contributed by atoms with van der Waals surface area (Å²) < 4.78 is 41.5. The minimum Gasteiger partial charge on any atom is -0.383 e. The van der Waals surface area contributed by atoms with Crippen LogP contribution in [0.4, 0.5) is 19.0 Å². The molecular formula is C14H11F3N4. The van der Waals surface area contributed by atoms with Crippen LogP contribution in [0.1, 0.15) is 11.3 Å². The molecule has 0 aliphatic heterocycles. The van der Waals surface area contributed by atoms with Crippen molar-refractivity contribution < 1.29 is 13.2 Å². The summed E-state index contributed by atoms with van der Waals surface area (Å²) in [6.07, 6.45) is 1.27. The number of aryl methyl sites for hydroxylation is 1. The Hall–Kier alpha value is -2.57. The van der Waals surface area contributed by atoms with Crippen LogP contribution in [0, 0.1) is 31.3 Å². The van der Waals surface area contributed by atoms with Gasteiger partial charge in [0.2, 0.25) is 0 Å². The molecule has 0 atom stereocenters. The second kappa shape index (κ2) is 4.47. The zero-order valence-electron chi connectivity index (χ0n) is 11.3. The molecule has 0 radical (unpaired) electrons. The molecule has 1 aromatic carbocycles. The summed E-state index contributed by atoms with van der Waals surface area (Å²) in [5, 5.41) is 0.611. The van der Waals surface area contributed by atoms with Gasteiger partial charge in [-0.2, -0.15) is 0 Å². The molecule has 0 aliphatic rings. The van der Waals surface area contributed by atoms with Gasteiger partial charge < -0.3 is 5.73 Å². The van der Waals surface area contributed by atoms with E-state index >= 15 is 0 Å². The van der Waals surface area contributed by atoms with E-state index in [4.69, 9.17) is 5.73 Å². The lowest BCUT2D eigenvalue weighted by atomic mass is 10.2. The normalized spacial score (nSPS) is 11.3. The first-order valence-electron chi connectivity index (χ1n) is 6.14. The van der Waals surface area contributed by atoms with Crippen molar-refractivity contribution in [1.82, 2.24) is 14.5 Å². The van der Waals surface area contributed by atoms with Crippen LogP contribution in [0.5, 0.6) is 0 Å². The summed E-state index contributed by atoms with van der Waals surface area (Å²) in [7, 11) is 0. The van der Waals surface area contributed by atoms with Crippen molar-refractivity contribution in [1.29, 1.82) is 0 Å². The van der Waals surface area contributed by atoms with E-state index < -0.39 is 17.5 Å². The van der Waals surface area contributed by atoms with Gasteiger partial charge in [-0.15, -0.1) is 0 Å². The van der Waals surface area contributed by atoms with Gasteiger partial charge in [-0.05, 0) is 19.4 Å². The molecule has 0 saturated carbocycles. The number of hydrogen-bond donors (Lipinski definition) is 1. The number of halogens is 3. The molecule has 0 spiro atoms. The predicted molar refractivity (Wildman–Crippen MR) is 72.6 cm³/mol. The lowest BCUT2D eigenvalue weighted by molar-refractivity contribution is 0.446. The highest BCUT2D eigenvalue weighted by atomic mass is 19.2. The molecule has 21 heavy (non-hydrogen) atoms. The van der Waals surface area contributed by atoms with E-state index in [1.54, 1.807) is 6.92 Å². The fraction of sp³-hybridized carbons (Fsp3) is 0.143. The molecule has 108 valence electrons. The lowest BCUT2D eigenvalue weighted by Crippen LogP contribution is -2.02. The summed E-state index contributed by atoms with van der Waals surface area (Å²) in [6, 6.07) is 1.84. The summed E-state index contributed by atoms with van der Waals surface area (Å²) in [5.74, 6) is -3.74. The molecule has 2 heterocycles. The minimum absolute atomic E-state index is 0.139. The van der Waals surface area contributed by atoms with Gasteiger partial charge in [-0.25, -0.2) is 23.1 Å². The Labute approximate surface area is 118 Å². The van der Waals surface area contributed by atoms with Gasteiger partial charge in [0.25, 0.3) is 0 Å². The Bertz CT molecular complexity index is 847. The number of benzene rings is 1. The largest absolute Gasteiger partial charge is 0.383 e. The van der Waals surface area contributed by atoms with Crippen molar-refractivity contribution in [2.24, 2.45) is 0 Å². The fourth-order valence-corrected chi connectivity index (χ4v) is 2.41.